The van der Waals surface area contributed by atoms with Crippen molar-refractivity contribution in [3.05, 3.63) is 0 Å². The molecule has 0 aromatic rings. The monoisotopic (exact) mass is 362 g/mol. The van der Waals surface area contributed by atoms with Gasteiger partial charge in [0.25, 0.3) is 0 Å². The van der Waals surface area contributed by atoms with Gasteiger partial charge in [-0.05, 0) is 39.3 Å². The first kappa shape index (κ1) is 20.6. The Morgan fingerprint density at radius 1 is 0.600 bits per heavy atom. The normalized spacial score (nSPS) is 14.7. The standard InChI is InChI=1S/C9H27O7PSi3/c1-11-18(4,5)14-17(10,15-19(6,7)12-2)16-20(8,9)13-3/h1-9H3. The molecular formula is C9H27O7PSi3. The first-order chi connectivity index (χ1) is 8.80. The minimum absolute atomic E-state index is 1.51. The molecule has 0 N–H and O–H groups in total. The second kappa shape index (κ2) is 7.27. The predicted octanol–water partition coefficient (Wildman–Crippen LogP) is 3.19. The summed E-state index contributed by atoms with van der Waals surface area (Å²) in [5, 5.41) is 0. The van der Waals surface area contributed by atoms with Crippen molar-refractivity contribution in [1.82, 2.24) is 0 Å². The highest BCUT2D eigenvalue weighted by Crippen LogP contribution is 2.56. The van der Waals surface area contributed by atoms with Crippen LogP contribution in [-0.4, -0.2) is 47.0 Å². The fourth-order valence-corrected chi connectivity index (χ4v) is 9.79. The molecule has 0 aromatic carbocycles. The molecule has 122 valence electrons. The van der Waals surface area contributed by atoms with Crippen molar-refractivity contribution in [3.63, 3.8) is 0 Å². The molecule has 0 aliphatic carbocycles. The topological polar surface area (TPSA) is 72.5 Å². The van der Waals surface area contributed by atoms with E-state index in [0.29, 0.717) is 0 Å². The molecule has 0 unspecified atom stereocenters. The van der Waals surface area contributed by atoms with Crippen LogP contribution in [0.5, 0.6) is 0 Å². The van der Waals surface area contributed by atoms with Crippen molar-refractivity contribution >= 4 is 33.5 Å². The molecule has 0 aromatic heterocycles. The Kier molecular flexibility index (Phi) is 7.50. The van der Waals surface area contributed by atoms with E-state index >= 15 is 0 Å². The van der Waals surface area contributed by atoms with Crippen molar-refractivity contribution in [3.8, 4) is 0 Å². The third-order valence-corrected chi connectivity index (χ3v) is 13.4. The van der Waals surface area contributed by atoms with Gasteiger partial charge in [-0.3, -0.25) is 0 Å². The summed E-state index contributed by atoms with van der Waals surface area (Å²) in [6.07, 6.45) is 0. The van der Waals surface area contributed by atoms with E-state index in [0.717, 1.165) is 0 Å². The quantitative estimate of drug-likeness (QED) is 0.461. The predicted molar refractivity (Wildman–Crippen MR) is 84.3 cm³/mol. The molecule has 0 saturated heterocycles. The minimum atomic E-state index is -3.82. The zero-order chi connectivity index (χ0) is 16.2. The molecule has 0 saturated carbocycles. The lowest BCUT2D eigenvalue weighted by Gasteiger charge is -2.34. The highest BCUT2D eigenvalue weighted by molar-refractivity contribution is 7.53. The Bertz CT molecular complexity index is 309. The van der Waals surface area contributed by atoms with E-state index in [4.69, 9.17) is 25.9 Å². The van der Waals surface area contributed by atoms with Crippen LogP contribution in [-0.2, 0) is 30.5 Å². The summed E-state index contributed by atoms with van der Waals surface area (Å²) in [4.78, 5) is 0. The molecule has 11 heteroatoms. The van der Waals surface area contributed by atoms with E-state index in [9.17, 15) is 4.57 Å². The largest absolute Gasteiger partial charge is 0.450 e. The zero-order valence-electron chi connectivity index (χ0n) is 13.8. The minimum Gasteiger partial charge on any atom is -0.398 e. The van der Waals surface area contributed by atoms with Crippen LogP contribution in [0.4, 0.5) is 0 Å². The molecule has 20 heavy (non-hydrogen) atoms. The third-order valence-electron chi connectivity index (χ3n) is 2.47. The molecule has 0 aliphatic rings. The van der Waals surface area contributed by atoms with Gasteiger partial charge >= 0.3 is 33.5 Å². The maximum absolute atomic E-state index is 12.9. The maximum atomic E-state index is 12.9. The smallest absolute Gasteiger partial charge is 0.398 e. The van der Waals surface area contributed by atoms with Crippen LogP contribution in [0.25, 0.3) is 0 Å². The van der Waals surface area contributed by atoms with E-state index in [-0.39, 0.29) is 0 Å². The van der Waals surface area contributed by atoms with Gasteiger partial charge in [0.05, 0.1) is 0 Å². The molecule has 0 amide bonds. The summed E-state index contributed by atoms with van der Waals surface area (Å²) in [6.45, 7) is 10.6. The fourth-order valence-electron chi connectivity index (χ4n) is 0.975. The first-order valence-corrected chi connectivity index (χ1v) is 16.1. The lowest BCUT2D eigenvalue weighted by atomic mass is 11.8. The SMILES string of the molecule is CO[Si](C)(C)OP(=O)(O[Si](C)(C)OC)O[Si](C)(C)OC. The summed E-state index contributed by atoms with van der Waals surface area (Å²) in [6, 6.07) is 0. The molecule has 0 atom stereocenters. The number of phosphoric acid groups is 1. The van der Waals surface area contributed by atoms with Crippen molar-refractivity contribution in [2.75, 3.05) is 21.3 Å². The Morgan fingerprint density at radius 3 is 0.950 bits per heavy atom. The Balaban J connectivity index is 5.29. The van der Waals surface area contributed by atoms with Crippen molar-refractivity contribution < 1.29 is 30.5 Å². The van der Waals surface area contributed by atoms with Crippen molar-refractivity contribution in [2.24, 2.45) is 0 Å². The van der Waals surface area contributed by atoms with Gasteiger partial charge in [0.2, 0.25) is 0 Å². The van der Waals surface area contributed by atoms with Crippen molar-refractivity contribution in [2.45, 2.75) is 39.3 Å². The maximum Gasteiger partial charge on any atom is 0.450 e. The van der Waals surface area contributed by atoms with E-state index in [1.165, 1.54) is 21.3 Å². The van der Waals surface area contributed by atoms with Gasteiger partial charge in [-0.15, -0.1) is 0 Å². The van der Waals surface area contributed by atoms with Crippen LogP contribution in [0, 0.1) is 0 Å². The van der Waals surface area contributed by atoms with Gasteiger partial charge in [-0.2, -0.15) is 0 Å². The first-order valence-electron chi connectivity index (χ1n) is 6.18. The highest BCUT2D eigenvalue weighted by Gasteiger charge is 2.47. The van der Waals surface area contributed by atoms with E-state index in [2.05, 4.69) is 0 Å². The van der Waals surface area contributed by atoms with Crippen LogP contribution in [0.3, 0.4) is 0 Å². The summed E-state index contributed by atoms with van der Waals surface area (Å²) in [5.74, 6) is 0. The number of hydrogen-bond acceptors (Lipinski definition) is 7. The lowest BCUT2D eigenvalue weighted by Crippen LogP contribution is -2.41. The van der Waals surface area contributed by atoms with E-state index < -0.39 is 33.5 Å². The van der Waals surface area contributed by atoms with Gasteiger partial charge in [-0.1, -0.05) is 0 Å². The average molecular weight is 363 g/mol. The summed E-state index contributed by atoms with van der Waals surface area (Å²) in [5.41, 5.74) is 0. The molecule has 0 heterocycles. The molecule has 7 nitrogen and oxygen atoms in total. The van der Waals surface area contributed by atoms with Gasteiger partial charge < -0.3 is 25.9 Å². The molecule has 0 bridgehead atoms. The Labute approximate surface area is 125 Å². The highest BCUT2D eigenvalue weighted by atomic mass is 31.2. The summed E-state index contributed by atoms with van der Waals surface area (Å²) >= 11 is 0. The zero-order valence-corrected chi connectivity index (χ0v) is 17.7. The molecule has 0 aliphatic heterocycles. The third kappa shape index (κ3) is 7.59. The number of rotatable bonds is 9. The molecule has 0 radical (unpaired) electrons. The Hall–Kier alpha value is 0.641. The second-order valence-corrected chi connectivity index (χ2v) is 18.2. The summed E-state index contributed by atoms with van der Waals surface area (Å²) in [7, 11) is -7.15. The van der Waals surface area contributed by atoms with Gasteiger partial charge in [0, 0.05) is 21.3 Å². The van der Waals surface area contributed by atoms with Gasteiger partial charge in [0.15, 0.2) is 0 Å². The molecular weight excluding hydrogens is 335 g/mol. The van der Waals surface area contributed by atoms with E-state index in [1.807, 2.05) is 0 Å². The van der Waals surface area contributed by atoms with Crippen LogP contribution < -0.4 is 0 Å². The van der Waals surface area contributed by atoms with E-state index in [1.54, 1.807) is 39.3 Å². The Morgan fingerprint density at radius 2 is 0.800 bits per heavy atom. The summed E-state index contributed by atoms with van der Waals surface area (Å²) < 4.78 is 45.5. The van der Waals surface area contributed by atoms with Crippen LogP contribution in [0.15, 0.2) is 0 Å². The van der Waals surface area contributed by atoms with Crippen molar-refractivity contribution in [1.29, 1.82) is 0 Å². The van der Waals surface area contributed by atoms with Crippen LogP contribution in [0.2, 0.25) is 39.3 Å². The molecule has 0 rings (SSSR count). The molecule has 0 fully saturated rings. The second-order valence-electron chi connectivity index (χ2n) is 5.53. The van der Waals surface area contributed by atoms with Gasteiger partial charge in [-0.25, -0.2) is 4.57 Å². The van der Waals surface area contributed by atoms with Crippen LogP contribution >= 0.6 is 7.82 Å². The lowest BCUT2D eigenvalue weighted by molar-refractivity contribution is 0.199. The number of hydrogen-bond donors (Lipinski definition) is 0. The fraction of sp³-hybridized carbons (Fsp3) is 1.00. The van der Waals surface area contributed by atoms with Gasteiger partial charge in [0.1, 0.15) is 0 Å². The molecule has 0 spiro atoms. The van der Waals surface area contributed by atoms with Crippen LogP contribution in [0.1, 0.15) is 0 Å². The average Bonchev–Trinajstić information content (AvgIpc) is 2.26.